The molecule has 1 unspecified atom stereocenters. The Morgan fingerprint density at radius 1 is 1.19 bits per heavy atom. The molecular formula is C17H21NO2S. The van der Waals surface area contributed by atoms with Gasteiger partial charge in [0.25, 0.3) is 0 Å². The molecule has 0 fully saturated rings. The van der Waals surface area contributed by atoms with Gasteiger partial charge in [0.1, 0.15) is 0 Å². The van der Waals surface area contributed by atoms with Crippen molar-refractivity contribution < 1.29 is 9.84 Å². The van der Waals surface area contributed by atoms with E-state index in [1.807, 2.05) is 55.5 Å². The van der Waals surface area contributed by atoms with Crippen LogP contribution in [-0.4, -0.2) is 23.6 Å². The first-order valence-electron chi connectivity index (χ1n) is 6.94. The van der Waals surface area contributed by atoms with Gasteiger partial charge < -0.3 is 15.6 Å². The second-order valence-corrected chi connectivity index (χ2v) is 6.05. The van der Waals surface area contributed by atoms with Crippen molar-refractivity contribution in [1.29, 1.82) is 0 Å². The lowest BCUT2D eigenvalue weighted by Crippen LogP contribution is -2.17. The van der Waals surface area contributed by atoms with E-state index < -0.39 is 6.10 Å². The summed E-state index contributed by atoms with van der Waals surface area (Å²) in [6.45, 7) is 2.90. The Morgan fingerprint density at radius 2 is 1.95 bits per heavy atom. The summed E-state index contributed by atoms with van der Waals surface area (Å²) in [6.07, 6.45) is -0.476. The van der Waals surface area contributed by atoms with Crippen LogP contribution in [0.4, 0.5) is 5.69 Å². The summed E-state index contributed by atoms with van der Waals surface area (Å²) in [5.74, 6) is 0.611. The fourth-order valence-corrected chi connectivity index (χ4v) is 2.87. The van der Waals surface area contributed by atoms with Crippen LogP contribution >= 0.6 is 11.8 Å². The smallest absolute Gasteiger partial charge is 0.0867 e. The van der Waals surface area contributed by atoms with Gasteiger partial charge in [-0.3, -0.25) is 0 Å². The molecule has 3 N–H and O–H groups in total. The van der Waals surface area contributed by atoms with Crippen LogP contribution in [0.2, 0.25) is 0 Å². The molecule has 0 saturated carbocycles. The SMILES string of the molecule is Cc1cc(N)ccc1SCC(O)COCc1ccccc1. The van der Waals surface area contributed by atoms with E-state index in [9.17, 15) is 5.11 Å². The number of ether oxygens (including phenoxy) is 1. The second kappa shape index (κ2) is 8.08. The van der Waals surface area contributed by atoms with Gasteiger partial charge in [-0.05, 0) is 36.2 Å². The number of hydrogen-bond acceptors (Lipinski definition) is 4. The molecule has 0 aliphatic heterocycles. The van der Waals surface area contributed by atoms with Crippen LogP contribution in [0, 0.1) is 6.92 Å². The molecule has 0 spiro atoms. The highest BCUT2D eigenvalue weighted by molar-refractivity contribution is 7.99. The van der Waals surface area contributed by atoms with Crippen molar-refractivity contribution in [3.05, 3.63) is 59.7 Å². The average molecular weight is 303 g/mol. The van der Waals surface area contributed by atoms with Crippen molar-refractivity contribution in [2.45, 2.75) is 24.5 Å². The van der Waals surface area contributed by atoms with E-state index in [-0.39, 0.29) is 0 Å². The van der Waals surface area contributed by atoms with Gasteiger partial charge in [-0.2, -0.15) is 0 Å². The Bertz CT molecular complexity index is 560. The zero-order valence-electron chi connectivity index (χ0n) is 12.2. The lowest BCUT2D eigenvalue weighted by atomic mass is 10.2. The van der Waals surface area contributed by atoms with E-state index in [4.69, 9.17) is 10.5 Å². The molecule has 0 saturated heterocycles. The molecule has 0 amide bonds. The van der Waals surface area contributed by atoms with Crippen molar-refractivity contribution in [2.24, 2.45) is 0 Å². The number of anilines is 1. The van der Waals surface area contributed by atoms with Crippen LogP contribution in [0.1, 0.15) is 11.1 Å². The first kappa shape index (κ1) is 15.9. The van der Waals surface area contributed by atoms with Crippen molar-refractivity contribution >= 4 is 17.4 Å². The Labute approximate surface area is 130 Å². The maximum absolute atomic E-state index is 9.96. The van der Waals surface area contributed by atoms with E-state index in [1.165, 1.54) is 0 Å². The molecular weight excluding hydrogens is 282 g/mol. The minimum Gasteiger partial charge on any atom is -0.399 e. The van der Waals surface area contributed by atoms with Crippen LogP contribution in [0.3, 0.4) is 0 Å². The number of thioether (sulfide) groups is 1. The van der Waals surface area contributed by atoms with Crippen LogP contribution in [0.15, 0.2) is 53.4 Å². The predicted octanol–water partition coefficient (Wildman–Crippen LogP) is 3.25. The standard InChI is InChI=1S/C17H21NO2S/c1-13-9-15(18)7-8-17(13)21-12-16(19)11-20-10-14-5-3-2-4-6-14/h2-9,16,19H,10-12,18H2,1H3. The summed E-state index contributed by atoms with van der Waals surface area (Å²) in [5, 5.41) is 9.96. The molecule has 112 valence electrons. The van der Waals surface area contributed by atoms with Gasteiger partial charge in [0.2, 0.25) is 0 Å². The van der Waals surface area contributed by atoms with E-state index >= 15 is 0 Å². The topological polar surface area (TPSA) is 55.5 Å². The highest BCUT2D eigenvalue weighted by atomic mass is 32.2. The van der Waals surface area contributed by atoms with Crippen molar-refractivity contribution in [3.8, 4) is 0 Å². The lowest BCUT2D eigenvalue weighted by Gasteiger charge is -2.12. The van der Waals surface area contributed by atoms with Crippen LogP contribution in [0.5, 0.6) is 0 Å². The zero-order valence-corrected chi connectivity index (χ0v) is 13.0. The van der Waals surface area contributed by atoms with Crippen LogP contribution in [0.25, 0.3) is 0 Å². The summed E-state index contributed by atoms with van der Waals surface area (Å²) in [7, 11) is 0. The number of aliphatic hydroxyl groups excluding tert-OH is 1. The number of rotatable bonds is 7. The Hall–Kier alpha value is -1.49. The molecule has 2 aromatic rings. The van der Waals surface area contributed by atoms with Gasteiger partial charge in [-0.15, -0.1) is 11.8 Å². The maximum atomic E-state index is 9.96. The second-order valence-electron chi connectivity index (χ2n) is 4.99. The molecule has 2 aromatic carbocycles. The highest BCUT2D eigenvalue weighted by Crippen LogP contribution is 2.24. The Kier molecular flexibility index (Phi) is 6.11. The number of nitrogen functional groups attached to an aromatic ring is 1. The molecule has 1 atom stereocenters. The summed E-state index contributed by atoms with van der Waals surface area (Å²) < 4.78 is 5.54. The molecule has 3 nitrogen and oxygen atoms in total. The number of nitrogens with two attached hydrogens (primary N) is 1. The molecule has 4 heteroatoms. The maximum Gasteiger partial charge on any atom is 0.0867 e. The van der Waals surface area contributed by atoms with E-state index in [0.29, 0.717) is 19.0 Å². The summed E-state index contributed by atoms with van der Waals surface area (Å²) >= 11 is 1.62. The quantitative estimate of drug-likeness (QED) is 0.609. The molecule has 0 aliphatic carbocycles. The van der Waals surface area contributed by atoms with Gasteiger partial charge in [0.15, 0.2) is 0 Å². The van der Waals surface area contributed by atoms with Crippen molar-refractivity contribution in [3.63, 3.8) is 0 Å². The van der Waals surface area contributed by atoms with Gasteiger partial charge in [-0.25, -0.2) is 0 Å². The third kappa shape index (κ3) is 5.42. The monoisotopic (exact) mass is 303 g/mol. The van der Waals surface area contributed by atoms with Crippen molar-refractivity contribution in [1.82, 2.24) is 0 Å². The molecule has 2 rings (SSSR count). The normalized spacial score (nSPS) is 12.3. The molecule has 0 bridgehead atoms. The summed E-state index contributed by atoms with van der Waals surface area (Å²) in [6, 6.07) is 15.8. The minimum absolute atomic E-state index is 0.343. The molecule has 0 aliphatic rings. The van der Waals surface area contributed by atoms with Gasteiger partial charge in [-0.1, -0.05) is 30.3 Å². The first-order valence-corrected chi connectivity index (χ1v) is 7.92. The molecule has 0 heterocycles. The fraction of sp³-hybridized carbons (Fsp3) is 0.294. The van der Waals surface area contributed by atoms with E-state index in [2.05, 4.69) is 0 Å². The third-order valence-electron chi connectivity index (χ3n) is 3.05. The highest BCUT2D eigenvalue weighted by Gasteiger charge is 2.07. The number of aliphatic hydroxyl groups is 1. The minimum atomic E-state index is -0.476. The zero-order chi connectivity index (χ0) is 15.1. The van der Waals surface area contributed by atoms with Gasteiger partial charge in [0, 0.05) is 16.3 Å². The average Bonchev–Trinajstić information content (AvgIpc) is 2.47. The van der Waals surface area contributed by atoms with Crippen LogP contribution in [-0.2, 0) is 11.3 Å². The van der Waals surface area contributed by atoms with Crippen LogP contribution < -0.4 is 5.73 Å². The Balaban J connectivity index is 1.71. The first-order chi connectivity index (χ1) is 10.1. The largest absolute Gasteiger partial charge is 0.399 e. The molecule has 0 aromatic heterocycles. The van der Waals surface area contributed by atoms with E-state index in [1.54, 1.807) is 11.8 Å². The number of aryl methyl sites for hydroxylation is 1. The lowest BCUT2D eigenvalue weighted by molar-refractivity contribution is 0.0398. The van der Waals surface area contributed by atoms with Gasteiger partial charge in [0.05, 0.1) is 19.3 Å². The number of benzene rings is 2. The Morgan fingerprint density at radius 3 is 2.67 bits per heavy atom. The van der Waals surface area contributed by atoms with E-state index in [0.717, 1.165) is 21.7 Å². The summed E-state index contributed by atoms with van der Waals surface area (Å²) in [5.41, 5.74) is 8.75. The molecule has 21 heavy (non-hydrogen) atoms. The predicted molar refractivity (Wildman–Crippen MR) is 88.4 cm³/mol. The van der Waals surface area contributed by atoms with Crippen molar-refractivity contribution in [2.75, 3.05) is 18.1 Å². The summed E-state index contributed by atoms with van der Waals surface area (Å²) in [4.78, 5) is 1.14. The number of hydrogen-bond donors (Lipinski definition) is 2. The fourth-order valence-electron chi connectivity index (χ4n) is 1.96. The molecule has 0 radical (unpaired) electrons. The third-order valence-corrected chi connectivity index (χ3v) is 4.37. The van der Waals surface area contributed by atoms with Gasteiger partial charge >= 0.3 is 0 Å².